The maximum absolute atomic E-state index is 13.7. The van der Waals surface area contributed by atoms with E-state index in [0.29, 0.717) is 18.6 Å². The average molecular weight is 466 g/mol. The van der Waals surface area contributed by atoms with Crippen molar-refractivity contribution in [2.75, 3.05) is 13.7 Å². The van der Waals surface area contributed by atoms with Crippen molar-refractivity contribution >= 4 is 11.6 Å². The number of aromatic hydroxyl groups is 1. The van der Waals surface area contributed by atoms with E-state index in [1.807, 2.05) is 6.07 Å². The third kappa shape index (κ3) is 4.42. The minimum Gasteiger partial charge on any atom is -0.504 e. The van der Waals surface area contributed by atoms with Crippen LogP contribution in [0, 0.1) is 10.8 Å². The van der Waals surface area contributed by atoms with Crippen molar-refractivity contribution < 1.29 is 19.4 Å². The number of allylic oxidation sites excluding steroid dienone is 4. The van der Waals surface area contributed by atoms with Gasteiger partial charge in [-0.1, -0.05) is 53.5 Å². The molecule has 1 N–H and O–H groups in total. The van der Waals surface area contributed by atoms with Crippen molar-refractivity contribution in [3.8, 4) is 11.5 Å². The monoisotopic (exact) mass is 465 g/mol. The van der Waals surface area contributed by atoms with Crippen molar-refractivity contribution in [3.05, 3.63) is 46.3 Å². The number of Topliss-reactive ketones (excluding diaryl/α,β-unsaturated/α-hetero) is 2. The topological polar surface area (TPSA) is 66.8 Å². The summed E-state index contributed by atoms with van der Waals surface area (Å²) in [6.07, 6.45) is 5.86. The normalized spacial score (nSPS) is 22.1. The number of carbonyl (C=O) groups excluding carboxylic acids is 2. The highest BCUT2D eigenvalue weighted by molar-refractivity contribution is 6.06. The van der Waals surface area contributed by atoms with Crippen LogP contribution in [0.3, 0.4) is 0 Å². The van der Waals surface area contributed by atoms with E-state index in [-0.39, 0.29) is 28.1 Å². The average Bonchev–Trinajstić information content (AvgIpc) is 2.73. The number of methoxy groups -OCH3 is 1. The van der Waals surface area contributed by atoms with Gasteiger partial charge >= 0.3 is 0 Å². The van der Waals surface area contributed by atoms with E-state index in [0.717, 1.165) is 66.8 Å². The highest BCUT2D eigenvalue weighted by Gasteiger charge is 2.48. The molecule has 184 valence electrons. The molecule has 5 nitrogen and oxygen atoms in total. The number of carbonyl (C=O) groups is 2. The minimum atomic E-state index is -0.408. The fraction of sp³-hybridized carbons (Fsp3) is 0.586. The molecule has 34 heavy (non-hydrogen) atoms. The zero-order valence-corrected chi connectivity index (χ0v) is 21.6. The van der Waals surface area contributed by atoms with E-state index >= 15 is 0 Å². The lowest BCUT2D eigenvalue weighted by Crippen LogP contribution is -2.44. The van der Waals surface area contributed by atoms with Gasteiger partial charge in [-0.05, 0) is 47.8 Å². The molecule has 1 aromatic rings. The summed E-state index contributed by atoms with van der Waals surface area (Å²) in [5.41, 5.74) is 4.33. The Hall–Kier alpha value is -2.56. The summed E-state index contributed by atoms with van der Waals surface area (Å²) in [4.78, 5) is 29.8. The molecule has 0 spiro atoms. The summed E-state index contributed by atoms with van der Waals surface area (Å²) in [6, 6.07) is 5.24. The van der Waals surface area contributed by atoms with Gasteiger partial charge in [-0.3, -0.25) is 9.59 Å². The molecule has 0 bridgehead atoms. The van der Waals surface area contributed by atoms with Gasteiger partial charge in [-0.15, -0.1) is 0 Å². The molecule has 0 unspecified atom stereocenters. The Bertz CT molecular complexity index is 1020. The van der Waals surface area contributed by atoms with Gasteiger partial charge < -0.3 is 14.7 Å². The lowest BCUT2D eigenvalue weighted by Gasteiger charge is -2.49. The third-order valence-electron chi connectivity index (χ3n) is 7.54. The number of nitrogens with zero attached hydrogens (tertiary/aromatic N) is 1. The fourth-order valence-corrected chi connectivity index (χ4v) is 6.04. The lowest BCUT2D eigenvalue weighted by atomic mass is 9.63. The number of unbranched alkanes of at least 4 members (excludes halogenated alkanes) is 2. The van der Waals surface area contributed by atoms with Crippen molar-refractivity contribution in [2.45, 2.75) is 85.5 Å². The first-order valence-electron chi connectivity index (χ1n) is 12.6. The summed E-state index contributed by atoms with van der Waals surface area (Å²) in [5, 5.41) is 10.2. The molecule has 1 aliphatic heterocycles. The van der Waals surface area contributed by atoms with Crippen LogP contribution in [0.4, 0.5) is 0 Å². The Balaban J connectivity index is 1.96. The lowest BCUT2D eigenvalue weighted by molar-refractivity contribution is -0.119. The van der Waals surface area contributed by atoms with Gasteiger partial charge in [0.2, 0.25) is 0 Å². The molecule has 1 aromatic carbocycles. The van der Waals surface area contributed by atoms with Gasteiger partial charge in [0.1, 0.15) is 0 Å². The van der Waals surface area contributed by atoms with E-state index < -0.39 is 5.92 Å². The Morgan fingerprint density at radius 1 is 0.941 bits per heavy atom. The van der Waals surface area contributed by atoms with Crippen LogP contribution in [0.2, 0.25) is 0 Å². The second-order valence-electron chi connectivity index (χ2n) is 11.8. The zero-order chi connectivity index (χ0) is 24.8. The molecule has 0 saturated carbocycles. The zero-order valence-electron chi connectivity index (χ0n) is 21.6. The highest BCUT2D eigenvalue weighted by atomic mass is 16.5. The standard InChI is InChI=1S/C29H39NO4/c1-7-8-9-12-30-19-14-28(2,3)16-22(32)26(19)25(18-10-11-21(31)24(13-18)34-6)27-20(30)15-29(4,5)17-23(27)33/h10-11,13,25,31H,7-9,12,14-17H2,1-6H3. The Morgan fingerprint density at radius 2 is 1.50 bits per heavy atom. The predicted octanol–water partition coefficient (Wildman–Crippen LogP) is 6.28. The number of rotatable bonds is 6. The molecule has 0 saturated heterocycles. The minimum absolute atomic E-state index is 0.0545. The van der Waals surface area contributed by atoms with E-state index in [9.17, 15) is 14.7 Å². The summed E-state index contributed by atoms with van der Waals surface area (Å²) < 4.78 is 5.39. The maximum Gasteiger partial charge on any atom is 0.162 e. The van der Waals surface area contributed by atoms with Crippen LogP contribution in [0.1, 0.15) is 91.0 Å². The molecule has 0 fully saturated rings. The molecule has 5 heteroatoms. The quantitative estimate of drug-likeness (QED) is 0.501. The van der Waals surface area contributed by atoms with Gasteiger partial charge in [0.15, 0.2) is 23.1 Å². The number of benzene rings is 1. The second-order valence-corrected chi connectivity index (χ2v) is 11.8. The largest absolute Gasteiger partial charge is 0.504 e. The first-order valence-corrected chi connectivity index (χ1v) is 12.6. The third-order valence-corrected chi connectivity index (χ3v) is 7.54. The molecule has 0 amide bonds. The van der Waals surface area contributed by atoms with Gasteiger partial charge in [-0.2, -0.15) is 0 Å². The number of hydrogen-bond donors (Lipinski definition) is 1. The molecule has 0 atom stereocenters. The van der Waals surface area contributed by atoms with Gasteiger partial charge in [-0.25, -0.2) is 0 Å². The SMILES string of the molecule is CCCCCN1C2=C(C(=O)CC(C)(C)C2)C(c2ccc(O)c(OC)c2)C2=C1CC(C)(C)CC2=O. The Labute approximate surface area is 203 Å². The van der Waals surface area contributed by atoms with Crippen molar-refractivity contribution in [2.24, 2.45) is 10.8 Å². The number of phenols is 1. The van der Waals surface area contributed by atoms with Gasteiger partial charge in [0.25, 0.3) is 0 Å². The molecule has 2 aliphatic carbocycles. The summed E-state index contributed by atoms with van der Waals surface area (Å²) in [7, 11) is 1.52. The van der Waals surface area contributed by atoms with Crippen molar-refractivity contribution in [1.29, 1.82) is 0 Å². The Morgan fingerprint density at radius 3 is 2.00 bits per heavy atom. The fourth-order valence-electron chi connectivity index (χ4n) is 6.04. The number of ketones is 2. The second kappa shape index (κ2) is 8.90. The van der Waals surface area contributed by atoms with Crippen LogP contribution in [0.25, 0.3) is 0 Å². The number of ether oxygens (including phenoxy) is 1. The molecule has 0 radical (unpaired) electrons. The Kier molecular flexibility index (Phi) is 6.43. The summed E-state index contributed by atoms with van der Waals surface area (Å²) in [5.74, 6) is 0.272. The smallest absolute Gasteiger partial charge is 0.162 e. The first kappa shape index (κ1) is 24.6. The van der Waals surface area contributed by atoms with Crippen LogP contribution < -0.4 is 4.74 Å². The highest BCUT2D eigenvalue weighted by Crippen LogP contribution is 2.54. The van der Waals surface area contributed by atoms with E-state index in [2.05, 4.69) is 39.5 Å². The first-order chi connectivity index (χ1) is 16.0. The molecule has 1 heterocycles. The van der Waals surface area contributed by atoms with E-state index in [1.165, 1.54) is 7.11 Å². The van der Waals surface area contributed by atoms with Gasteiger partial charge in [0, 0.05) is 47.8 Å². The van der Waals surface area contributed by atoms with Crippen LogP contribution in [0.15, 0.2) is 40.7 Å². The van der Waals surface area contributed by atoms with Crippen molar-refractivity contribution in [3.63, 3.8) is 0 Å². The van der Waals surface area contributed by atoms with Crippen LogP contribution in [-0.2, 0) is 9.59 Å². The predicted molar refractivity (Wildman–Crippen MR) is 134 cm³/mol. The summed E-state index contributed by atoms with van der Waals surface area (Å²) >= 11 is 0. The molecular formula is C29H39NO4. The number of hydrogen-bond acceptors (Lipinski definition) is 5. The van der Waals surface area contributed by atoms with Crippen LogP contribution >= 0.6 is 0 Å². The van der Waals surface area contributed by atoms with Crippen LogP contribution in [-0.4, -0.2) is 35.2 Å². The molecule has 4 rings (SSSR count). The molecular weight excluding hydrogens is 426 g/mol. The van der Waals surface area contributed by atoms with Crippen molar-refractivity contribution in [1.82, 2.24) is 4.90 Å². The van der Waals surface area contributed by atoms with E-state index in [4.69, 9.17) is 4.74 Å². The molecule has 3 aliphatic rings. The van der Waals surface area contributed by atoms with Gasteiger partial charge in [0.05, 0.1) is 7.11 Å². The van der Waals surface area contributed by atoms with E-state index in [1.54, 1.807) is 12.1 Å². The maximum atomic E-state index is 13.7. The molecule has 0 aromatic heterocycles. The number of phenolic OH excluding ortho intramolecular Hbond substituents is 1. The summed E-state index contributed by atoms with van der Waals surface area (Å²) in [6.45, 7) is 11.7. The van der Waals surface area contributed by atoms with Crippen LogP contribution in [0.5, 0.6) is 11.5 Å².